The second-order valence-electron chi connectivity index (χ2n) is 9.23. The molecule has 3 aromatic rings. The van der Waals surface area contributed by atoms with E-state index < -0.39 is 0 Å². The Bertz CT molecular complexity index is 1430. The summed E-state index contributed by atoms with van der Waals surface area (Å²) < 4.78 is 7.47. The normalized spacial score (nSPS) is 17.3. The number of ether oxygens (including phenoxy) is 1. The van der Waals surface area contributed by atoms with Crippen LogP contribution in [0.5, 0.6) is 0 Å². The lowest BCUT2D eigenvalue weighted by atomic mass is 10.2. The van der Waals surface area contributed by atoms with Crippen molar-refractivity contribution in [1.29, 1.82) is 0 Å². The molecule has 1 amide bonds. The van der Waals surface area contributed by atoms with Crippen molar-refractivity contribution in [1.82, 2.24) is 14.3 Å². The van der Waals surface area contributed by atoms with Crippen molar-refractivity contribution in [2.45, 2.75) is 20.3 Å². The number of fused-ring (bicyclic) bond motifs is 1. The first-order valence-corrected chi connectivity index (χ1v) is 14.1. The van der Waals surface area contributed by atoms with Crippen molar-refractivity contribution in [2.24, 2.45) is 0 Å². The molecule has 38 heavy (non-hydrogen) atoms. The van der Waals surface area contributed by atoms with E-state index in [1.54, 1.807) is 21.6 Å². The van der Waals surface area contributed by atoms with Gasteiger partial charge in [0.25, 0.3) is 11.5 Å². The van der Waals surface area contributed by atoms with Gasteiger partial charge in [-0.3, -0.25) is 18.9 Å². The standard InChI is InChI=1S/C28H31N5O3S2/c1-3-36-18-8-13-33-27(35)23(38-28(33)37)19-22-25(29-24-20(2)9-7-12-32(24)26(22)34)31-16-14-30(15-17-31)21-10-5-4-6-11-21/h4-7,9-12,19H,3,8,13-18H2,1-2H3/b23-19-. The van der Waals surface area contributed by atoms with Crippen LogP contribution < -0.4 is 15.4 Å². The number of aryl methyl sites for hydroxylation is 1. The number of thiocarbonyl (C=S) groups is 1. The minimum Gasteiger partial charge on any atom is -0.382 e. The fourth-order valence-corrected chi connectivity index (χ4v) is 6.07. The van der Waals surface area contributed by atoms with Gasteiger partial charge < -0.3 is 14.5 Å². The third-order valence-electron chi connectivity index (χ3n) is 6.79. The molecule has 2 aliphatic heterocycles. The van der Waals surface area contributed by atoms with Crippen molar-refractivity contribution in [3.63, 3.8) is 0 Å². The maximum atomic E-state index is 13.8. The smallest absolute Gasteiger partial charge is 0.267 e. The number of nitrogens with zero attached hydrogens (tertiary/aromatic N) is 5. The van der Waals surface area contributed by atoms with Gasteiger partial charge in [-0.2, -0.15) is 0 Å². The van der Waals surface area contributed by atoms with Gasteiger partial charge in [-0.15, -0.1) is 0 Å². The van der Waals surface area contributed by atoms with Crippen LogP contribution in [0.1, 0.15) is 24.5 Å². The van der Waals surface area contributed by atoms with Gasteiger partial charge in [-0.05, 0) is 50.1 Å². The van der Waals surface area contributed by atoms with Gasteiger partial charge >= 0.3 is 0 Å². The van der Waals surface area contributed by atoms with Gasteiger partial charge in [0, 0.05) is 57.8 Å². The van der Waals surface area contributed by atoms with E-state index in [9.17, 15) is 9.59 Å². The highest BCUT2D eigenvalue weighted by atomic mass is 32.2. The molecule has 1 aromatic carbocycles. The van der Waals surface area contributed by atoms with Crippen LogP contribution in [0.2, 0.25) is 0 Å². The van der Waals surface area contributed by atoms with E-state index in [0.29, 0.717) is 65.5 Å². The van der Waals surface area contributed by atoms with Crippen molar-refractivity contribution >= 4 is 57.4 Å². The summed E-state index contributed by atoms with van der Waals surface area (Å²) in [6.07, 6.45) is 4.11. The second-order valence-corrected chi connectivity index (χ2v) is 10.9. The molecule has 2 aliphatic rings. The quantitative estimate of drug-likeness (QED) is 0.238. The molecule has 0 radical (unpaired) electrons. The summed E-state index contributed by atoms with van der Waals surface area (Å²) in [4.78, 5) is 38.6. The molecule has 0 N–H and O–H groups in total. The number of carbonyl (C=O) groups is 1. The molecule has 2 saturated heterocycles. The number of carbonyl (C=O) groups excluding carboxylic acids is 1. The van der Waals surface area contributed by atoms with E-state index in [4.69, 9.17) is 21.9 Å². The van der Waals surface area contributed by atoms with Crippen molar-refractivity contribution in [3.8, 4) is 0 Å². The number of aromatic nitrogens is 2. The van der Waals surface area contributed by atoms with E-state index in [-0.39, 0.29) is 11.5 Å². The first-order chi connectivity index (χ1) is 18.5. The van der Waals surface area contributed by atoms with Crippen LogP contribution >= 0.6 is 24.0 Å². The second kappa shape index (κ2) is 11.7. The van der Waals surface area contributed by atoms with Crippen LogP contribution in [-0.4, -0.2) is 70.4 Å². The third kappa shape index (κ3) is 5.34. The monoisotopic (exact) mass is 549 g/mol. The number of rotatable bonds is 8. The highest BCUT2D eigenvalue weighted by molar-refractivity contribution is 8.26. The minimum atomic E-state index is -0.194. The number of hydrogen-bond acceptors (Lipinski definition) is 8. The lowest BCUT2D eigenvalue weighted by molar-refractivity contribution is -0.122. The van der Waals surface area contributed by atoms with Crippen molar-refractivity contribution in [2.75, 3.05) is 55.7 Å². The van der Waals surface area contributed by atoms with Crippen LogP contribution in [0.4, 0.5) is 11.5 Å². The van der Waals surface area contributed by atoms with E-state index in [2.05, 4.69) is 21.9 Å². The Morgan fingerprint density at radius 3 is 2.53 bits per heavy atom. The Morgan fingerprint density at radius 2 is 1.79 bits per heavy atom. The molecule has 2 fully saturated rings. The van der Waals surface area contributed by atoms with Crippen LogP contribution in [0.3, 0.4) is 0 Å². The number of pyridine rings is 1. The van der Waals surface area contributed by atoms with Crippen LogP contribution in [-0.2, 0) is 9.53 Å². The Morgan fingerprint density at radius 1 is 1.05 bits per heavy atom. The zero-order valence-corrected chi connectivity index (χ0v) is 23.3. The lowest BCUT2D eigenvalue weighted by Gasteiger charge is -2.37. The number of piperazine rings is 1. The first kappa shape index (κ1) is 26.4. The SMILES string of the molecule is CCOCCCN1C(=O)/C(=C/c2c(N3CCN(c4ccccc4)CC3)nc3c(C)cccn3c2=O)SC1=S. The average molecular weight is 550 g/mol. The van der Waals surface area contributed by atoms with Gasteiger partial charge in [0.15, 0.2) is 0 Å². The van der Waals surface area contributed by atoms with E-state index in [1.165, 1.54) is 17.4 Å². The number of anilines is 2. The molecule has 2 aromatic heterocycles. The molecular formula is C28H31N5O3S2. The molecule has 0 bridgehead atoms. The van der Waals surface area contributed by atoms with Crippen LogP contribution in [0, 0.1) is 6.92 Å². The Labute approximate surface area is 231 Å². The molecule has 0 spiro atoms. The molecule has 0 saturated carbocycles. The maximum Gasteiger partial charge on any atom is 0.267 e. The topological polar surface area (TPSA) is 70.4 Å². The van der Waals surface area contributed by atoms with E-state index in [0.717, 1.165) is 18.7 Å². The van der Waals surface area contributed by atoms with Crippen molar-refractivity contribution < 1.29 is 9.53 Å². The van der Waals surface area contributed by atoms with Crippen molar-refractivity contribution in [3.05, 3.63) is 75.0 Å². The summed E-state index contributed by atoms with van der Waals surface area (Å²) in [6, 6.07) is 14.1. The summed E-state index contributed by atoms with van der Waals surface area (Å²) >= 11 is 6.74. The summed E-state index contributed by atoms with van der Waals surface area (Å²) in [5.41, 5.74) is 2.94. The largest absolute Gasteiger partial charge is 0.382 e. The zero-order chi connectivity index (χ0) is 26.6. The lowest BCUT2D eigenvalue weighted by Crippen LogP contribution is -2.47. The Hall–Kier alpha value is -3.21. The summed E-state index contributed by atoms with van der Waals surface area (Å²) in [5.74, 6) is 0.434. The molecule has 5 rings (SSSR count). The first-order valence-electron chi connectivity index (χ1n) is 12.9. The minimum absolute atomic E-state index is 0.176. The predicted molar refractivity (Wildman–Crippen MR) is 158 cm³/mol. The fraction of sp³-hybridized carbons (Fsp3) is 0.357. The highest BCUT2D eigenvalue weighted by Crippen LogP contribution is 2.34. The van der Waals surface area contributed by atoms with Gasteiger partial charge in [-0.1, -0.05) is 48.2 Å². The number of para-hydroxylation sites is 1. The molecular weight excluding hydrogens is 518 g/mol. The Kier molecular flexibility index (Phi) is 8.11. The average Bonchev–Trinajstić information content (AvgIpc) is 3.20. The molecule has 8 nitrogen and oxygen atoms in total. The summed E-state index contributed by atoms with van der Waals surface area (Å²) in [5, 5.41) is 0. The maximum absolute atomic E-state index is 13.8. The molecule has 10 heteroatoms. The van der Waals surface area contributed by atoms with Gasteiger partial charge in [0.2, 0.25) is 0 Å². The predicted octanol–water partition coefficient (Wildman–Crippen LogP) is 3.96. The summed E-state index contributed by atoms with van der Waals surface area (Å²) in [6.45, 7) is 8.63. The van der Waals surface area contributed by atoms with E-state index in [1.807, 2.05) is 44.2 Å². The summed E-state index contributed by atoms with van der Waals surface area (Å²) in [7, 11) is 0. The number of hydrogen-bond donors (Lipinski definition) is 0. The molecule has 4 heterocycles. The number of amides is 1. The van der Waals surface area contributed by atoms with Gasteiger partial charge in [-0.25, -0.2) is 4.98 Å². The molecule has 0 unspecified atom stereocenters. The Balaban J connectivity index is 1.48. The fourth-order valence-electron chi connectivity index (χ4n) is 4.78. The molecule has 198 valence electrons. The third-order valence-corrected chi connectivity index (χ3v) is 8.17. The number of benzene rings is 1. The molecule has 0 atom stereocenters. The van der Waals surface area contributed by atoms with E-state index >= 15 is 0 Å². The number of thioether (sulfide) groups is 1. The molecule has 0 aliphatic carbocycles. The van der Waals surface area contributed by atoms with Crippen LogP contribution in [0.25, 0.3) is 11.7 Å². The van der Waals surface area contributed by atoms with Crippen LogP contribution in [0.15, 0.2) is 58.4 Å². The van der Waals surface area contributed by atoms with Gasteiger partial charge in [0.1, 0.15) is 15.8 Å². The zero-order valence-electron chi connectivity index (χ0n) is 21.6. The highest BCUT2D eigenvalue weighted by Gasteiger charge is 2.33. The van der Waals surface area contributed by atoms with Gasteiger partial charge in [0.05, 0.1) is 10.5 Å².